The van der Waals surface area contributed by atoms with Gasteiger partial charge in [0, 0.05) is 19.1 Å². The van der Waals surface area contributed by atoms with Crippen LogP contribution in [0.2, 0.25) is 0 Å². The molecule has 0 amide bonds. The van der Waals surface area contributed by atoms with Gasteiger partial charge < -0.3 is 10.2 Å². The summed E-state index contributed by atoms with van der Waals surface area (Å²) < 4.78 is 0. The summed E-state index contributed by atoms with van der Waals surface area (Å²) in [6.45, 7) is 10.1. The van der Waals surface area contributed by atoms with E-state index < -0.39 is 0 Å². The van der Waals surface area contributed by atoms with Crippen molar-refractivity contribution in [3.63, 3.8) is 0 Å². The number of hydrogen-bond acceptors (Lipinski definition) is 2. The first-order valence-electron chi connectivity index (χ1n) is 6.66. The zero-order valence-electron chi connectivity index (χ0n) is 11.0. The molecule has 1 saturated carbocycles. The van der Waals surface area contributed by atoms with Gasteiger partial charge in [0.15, 0.2) is 0 Å². The van der Waals surface area contributed by atoms with Crippen LogP contribution < -0.4 is 5.32 Å². The van der Waals surface area contributed by atoms with Crippen LogP contribution in [0.25, 0.3) is 0 Å². The van der Waals surface area contributed by atoms with Crippen LogP contribution in [0.3, 0.4) is 0 Å². The second-order valence-corrected chi connectivity index (χ2v) is 5.00. The quantitative estimate of drug-likeness (QED) is 0.756. The number of nitrogens with zero attached hydrogens (tertiary/aromatic N) is 1. The molecule has 15 heavy (non-hydrogen) atoms. The Bertz CT molecular complexity index is 163. The van der Waals surface area contributed by atoms with Crippen molar-refractivity contribution in [2.45, 2.75) is 52.5 Å². The van der Waals surface area contributed by atoms with Crippen LogP contribution in [0, 0.1) is 5.41 Å². The molecule has 2 rings (SSSR count). The van der Waals surface area contributed by atoms with Crippen molar-refractivity contribution in [3.05, 3.63) is 0 Å². The summed E-state index contributed by atoms with van der Waals surface area (Å²) >= 11 is 0. The molecular weight excluding hydrogens is 184 g/mol. The summed E-state index contributed by atoms with van der Waals surface area (Å²) in [4.78, 5) is 2.45. The van der Waals surface area contributed by atoms with Gasteiger partial charge in [0.05, 0.1) is 0 Å². The first-order chi connectivity index (χ1) is 7.24. The smallest absolute Gasteiger partial charge is 0.00673 e. The Labute approximate surface area is 95.4 Å². The van der Waals surface area contributed by atoms with Crippen LogP contribution >= 0.6 is 0 Å². The fourth-order valence-corrected chi connectivity index (χ4v) is 3.14. The van der Waals surface area contributed by atoms with Crippen molar-refractivity contribution in [3.8, 4) is 0 Å². The second-order valence-electron chi connectivity index (χ2n) is 5.00. The maximum atomic E-state index is 3.57. The molecule has 1 spiro atoms. The van der Waals surface area contributed by atoms with Gasteiger partial charge in [-0.05, 0) is 44.7 Å². The van der Waals surface area contributed by atoms with Crippen LogP contribution in [0.15, 0.2) is 0 Å². The van der Waals surface area contributed by atoms with Crippen LogP contribution in [0.1, 0.15) is 46.5 Å². The zero-order valence-corrected chi connectivity index (χ0v) is 11.0. The molecule has 2 fully saturated rings. The SMILES string of the molecule is CC.CCNC1CCC2(CC1)CN(C)C2. The minimum atomic E-state index is 0.737. The number of nitrogens with one attached hydrogen (secondary N) is 1. The van der Waals surface area contributed by atoms with Gasteiger partial charge in [-0.3, -0.25) is 0 Å². The Morgan fingerprint density at radius 1 is 1.20 bits per heavy atom. The van der Waals surface area contributed by atoms with Crippen LogP contribution in [0.4, 0.5) is 0 Å². The lowest BCUT2D eigenvalue weighted by molar-refractivity contribution is -0.0158. The molecule has 0 bridgehead atoms. The zero-order chi connectivity index (χ0) is 11.3. The lowest BCUT2D eigenvalue weighted by atomic mass is 9.67. The van der Waals surface area contributed by atoms with Gasteiger partial charge in [-0.25, -0.2) is 0 Å². The molecule has 0 aromatic heterocycles. The lowest BCUT2D eigenvalue weighted by Crippen LogP contribution is -2.56. The van der Waals surface area contributed by atoms with Gasteiger partial charge in [0.1, 0.15) is 0 Å². The summed E-state index contributed by atoms with van der Waals surface area (Å²) in [6.07, 6.45) is 5.72. The minimum Gasteiger partial charge on any atom is -0.314 e. The van der Waals surface area contributed by atoms with E-state index in [2.05, 4.69) is 24.2 Å². The largest absolute Gasteiger partial charge is 0.314 e. The molecule has 1 aliphatic carbocycles. The van der Waals surface area contributed by atoms with Crippen molar-refractivity contribution in [2.24, 2.45) is 5.41 Å². The van der Waals surface area contributed by atoms with Crippen LogP contribution in [-0.2, 0) is 0 Å². The van der Waals surface area contributed by atoms with E-state index in [1.165, 1.54) is 38.8 Å². The highest BCUT2D eigenvalue weighted by atomic mass is 15.2. The third-order valence-electron chi connectivity index (χ3n) is 3.75. The normalized spacial score (nSPS) is 25.6. The summed E-state index contributed by atoms with van der Waals surface area (Å²) in [7, 11) is 2.24. The predicted octanol–water partition coefficient (Wildman–Crippen LogP) is 2.50. The van der Waals surface area contributed by atoms with Crippen molar-refractivity contribution in [1.29, 1.82) is 0 Å². The van der Waals surface area contributed by atoms with Crippen LogP contribution in [0.5, 0.6) is 0 Å². The van der Waals surface area contributed by atoms with Crippen molar-refractivity contribution in [1.82, 2.24) is 10.2 Å². The van der Waals surface area contributed by atoms with E-state index in [4.69, 9.17) is 0 Å². The Hall–Kier alpha value is -0.0800. The van der Waals surface area contributed by atoms with Gasteiger partial charge in [0.2, 0.25) is 0 Å². The maximum Gasteiger partial charge on any atom is 0.00673 e. The molecule has 0 aromatic rings. The van der Waals surface area contributed by atoms with E-state index in [1.807, 2.05) is 13.8 Å². The molecule has 90 valence electrons. The molecule has 1 aliphatic heterocycles. The van der Waals surface area contributed by atoms with E-state index in [0.717, 1.165) is 18.0 Å². The monoisotopic (exact) mass is 212 g/mol. The summed E-state index contributed by atoms with van der Waals surface area (Å²) in [5.74, 6) is 0. The molecular formula is C13H28N2. The predicted molar refractivity (Wildman–Crippen MR) is 67.2 cm³/mol. The van der Waals surface area contributed by atoms with E-state index in [0.29, 0.717) is 0 Å². The molecule has 0 atom stereocenters. The van der Waals surface area contributed by atoms with Crippen molar-refractivity contribution < 1.29 is 0 Å². The molecule has 1 saturated heterocycles. The molecule has 1 N–H and O–H groups in total. The average Bonchev–Trinajstić information content (AvgIpc) is 2.23. The minimum absolute atomic E-state index is 0.737. The fourth-order valence-electron chi connectivity index (χ4n) is 3.14. The molecule has 0 unspecified atom stereocenters. The second kappa shape index (κ2) is 5.86. The van der Waals surface area contributed by atoms with E-state index in [-0.39, 0.29) is 0 Å². The molecule has 2 nitrogen and oxygen atoms in total. The number of likely N-dealkylation sites (tertiary alicyclic amines) is 1. The van der Waals surface area contributed by atoms with E-state index >= 15 is 0 Å². The lowest BCUT2D eigenvalue weighted by Gasteiger charge is -2.52. The van der Waals surface area contributed by atoms with Gasteiger partial charge in [-0.2, -0.15) is 0 Å². The van der Waals surface area contributed by atoms with Gasteiger partial charge >= 0.3 is 0 Å². The third kappa shape index (κ3) is 3.18. The number of hydrogen-bond donors (Lipinski definition) is 1. The molecule has 2 aliphatic rings. The molecule has 2 heteroatoms. The summed E-state index contributed by atoms with van der Waals surface area (Å²) in [5, 5.41) is 3.57. The first kappa shape index (κ1) is 13.0. The highest BCUT2D eigenvalue weighted by Gasteiger charge is 2.42. The topological polar surface area (TPSA) is 15.3 Å². The Morgan fingerprint density at radius 2 is 1.73 bits per heavy atom. The molecule has 0 aromatic carbocycles. The highest BCUT2D eigenvalue weighted by Crippen LogP contribution is 2.42. The summed E-state index contributed by atoms with van der Waals surface area (Å²) in [5.41, 5.74) is 0.737. The first-order valence-corrected chi connectivity index (χ1v) is 6.66. The van der Waals surface area contributed by atoms with Crippen molar-refractivity contribution in [2.75, 3.05) is 26.7 Å². The van der Waals surface area contributed by atoms with E-state index in [1.54, 1.807) is 0 Å². The molecule has 1 heterocycles. The Kier molecular flexibility index (Phi) is 5.07. The maximum absolute atomic E-state index is 3.57. The van der Waals surface area contributed by atoms with Gasteiger partial charge in [0.25, 0.3) is 0 Å². The van der Waals surface area contributed by atoms with E-state index in [9.17, 15) is 0 Å². The standard InChI is InChI=1S/C11H22N2.C2H6/c1-3-12-10-4-6-11(7-5-10)8-13(2)9-11;1-2/h10,12H,3-9H2,1-2H3;1-2H3. The Balaban J connectivity index is 0.000000531. The molecule has 0 radical (unpaired) electrons. The van der Waals surface area contributed by atoms with Crippen LogP contribution in [-0.4, -0.2) is 37.6 Å². The highest BCUT2D eigenvalue weighted by molar-refractivity contribution is 4.97. The average molecular weight is 212 g/mol. The van der Waals surface area contributed by atoms with Crippen molar-refractivity contribution >= 4 is 0 Å². The van der Waals surface area contributed by atoms with Gasteiger partial charge in [-0.1, -0.05) is 20.8 Å². The third-order valence-corrected chi connectivity index (χ3v) is 3.75. The number of rotatable bonds is 2. The fraction of sp³-hybridized carbons (Fsp3) is 1.00. The van der Waals surface area contributed by atoms with Gasteiger partial charge in [-0.15, -0.1) is 0 Å². The summed E-state index contributed by atoms with van der Waals surface area (Å²) in [6, 6.07) is 0.821. The Morgan fingerprint density at radius 3 is 2.13 bits per heavy atom.